The van der Waals surface area contributed by atoms with Crippen LogP contribution in [-0.2, 0) is 4.79 Å². The van der Waals surface area contributed by atoms with E-state index in [1.54, 1.807) is 11.9 Å². The molecule has 0 aromatic carbocycles. The second kappa shape index (κ2) is 7.95. The van der Waals surface area contributed by atoms with Crippen LogP contribution in [0.25, 0.3) is 0 Å². The van der Waals surface area contributed by atoms with Gasteiger partial charge in [0, 0.05) is 13.1 Å². The number of nitrogens with one attached hydrogen (secondary N) is 1. The van der Waals surface area contributed by atoms with Gasteiger partial charge in [-0.25, -0.2) is 9.59 Å². The summed E-state index contributed by atoms with van der Waals surface area (Å²) in [5.74, 6) is -0.476. The zero-order valence-electron chi connectivity index (χ0n) is 12.1. The van der Waals surface area contributed by atoms with Crippen molar-refractivity contribution in [2.75, 3.05) is 7.05 Å². The molecule has 0 radical (unpaired) electrons. The van der Waals surface area contributed by atoms with E-state index in [0.29, 0.717) is 12.3 Å². The molecule has 106 valence electrons. The topological polar surface area (TPSA) is 69.6 Å². The van der Waals surface area contributed by atoms with Crippen molar-refractivity contribution in [1.29, 1.82) is 0 Å². The fourth-order valence-corrected chi connectivity index (χ4v) is 1.84. The Balaban J connectivity index is 4.40. The maximum Gasteiger partial charge on any atom is 0.326 e. The summed E-state index contributed by atoms with van der Waals surface area (Å²) in [5, 5.41) is 11.5. The molecule has 0 spiro atoms. The molecule has 0 rings (SSSR count). The predicted molar refractivity (Wildman–Crippen MR) is 71.5 cm³/mol. The lowest BCUT2D eigenvalue weighted by Gasteiger charge is -2.28. The molecule has 1 unspecified atom stereocenters. The largest absolute Gasteiger partial charge is 0.480 e. The Morgan fingerprint density at radius 3 is 2.22 bits per heavy atom. The normalized spacial score (nSPS) is 14.1. The van der Waals surface area contributed by atoms with Crippen LogP contribution in [0, 0.1) is 5.92 Å². The van der Waals surface area contributed by atoms with E-state index >= 15 is 0 Å². The molecule has 0 saturated heterocycles. The molecule has 0 aliphatic carbocycles. The van der Waals surface area contributed by atoms with Gasteiger partial charge >= 0.3 is 12.0 Å². The second-order valence-corrected chi connectivity index (χ2v) is 5.22. The Kier molecular flexibility index (Phi) is 7.39. The number of urea groups is 1. The Labute approximate surface area is 110 Å². The minimum absolute atomic E-state index is 0.0982. The van der Waals surface area contributed by atoms with Gasteiger partial charge in [-0.15, -0.1) is 0 Å². The first-order valence-corrected chi connectivity index (χ1v) is 6.55. The van der Waals surface area contributed by atoms with Gasteiger partial charge in [-0.05, 0) is 25.7 Å². The summed E-state index contributed by atoms with van der Waals surface area (Å²) in [6.45, 7) is 8.06. The van der Waals surface area contributed by atoms with Gasteiger partial charge in [-0.3, -0.25) is 0 Å². The number of carbonyl (C=O) groups is 2. The Morgan fingerprint density at radius 1 is 1.28 bits per heavy atom. The highest BCUT2D eigenvalue weighted by atomic mass is 16.4. The molecule has 0 saturated carbocycles. The number of rotatable bonds is 7. The SMILES string of the molecule is CCC[C@@H](NC(=O)N(C)C(C)CC(C)C)C(=O)O. The maximum atomic E-state index is 11.9. The molecule has 0 heterocycles. The van der Waals surface area contributed by atoms with E-state index in [1.165, 1.54) is 0 Å². The number of carbonyl (C=O) groups excluding carboxylic acids is 1. The molecule has 5 nitrogen and oxygen atoms in total. The van der Waals surface area contributed by atoms with E-state index in [4.69, 9.17) is 5.11 Å². The van der Waals surface area contributed by atoms with Gasteiger partial charge in [-0.2, -0.15) is 0 Å². The first kappa shape index (κ1) is 16.7. The quantitative estimate of drug-likeness (QED) is 0.736. The van der Waals surface area contributed by atoms with E-state index < -0.39 is 12.0 Å². The van der Waals surface area contributed by atoms with Crippen molar-refractivity contribution >= 4 is 12.0 Å². The van der Waals surface area contributed by atoms with Crippen molar-refractivity contribution in [3.63, 3.8) is 0 Å². The number of hydrogen-bond acceptors (Lipinski definition) is 2. The smallest absolute Gasteiger partial charge is 0.326 e. The molecule has 5 heteroatoms. The van der Waals surface area contributed by atoms with Gasteiger partial charge < -0.3 is 15.3 Å². The lowest BCUT2D eigenvalue weighted by molar-refractivity contribution is -0.139. The van der Waals surface area contributed by atoms with Crippen LogP contribution in [0.5, 0.6) is 0 Å². The molecular formula is C13H26N2O3. The first-order chi connectivity index (χ1) is 8.29. The number of nitrogens with zero attached hydrogens (tertiary/aromatic N) is 1. The minimum atomic E-state index is -0.977. The molecule has 2 amide bonds. The monoisotopic (exact) mass is 258 g/mol. The van der Waals surface area contributed by atoms with E-state index in [0.717, 1.165) is 12.8 Å². The molecule has 0 aliphatic rings. The van der Waals surface area contributed by atoms with Crippen molar-refractivity contribution in [3.05, 3.63) is 0 Å². The highest BCUT2D eigenvalue weighted by Crippen LogP contribution is 2.10. The van der Waals surface area contributed by atoms with E-state index in [2.05, 4.69) is 19.2 Å². The van der Waals surface area contributed by atoms with E-state index in [-0.39, 0.29) is 12.1 Å². The molecule has 0 fully saturated rings. The second-order valence-electron chi connectivity index (χ2n) is 5.22. The molecule has 0 aromatic rings. The number of hydrogen-bond donors (Lipinski definition) is 2. The summed E-state index contributed by atoms with van der Waals surface area (Å²) in [4.78, 5) is 24.4. The number of carboxylic acid groups (broad SMARTS) is 1. The summed E-state index contributed by atoms with van der Waals surface area (Å²) in [6, 6.07) is -1.01. The van der Waals surface area contributed by atoms with Gasteiger partial charge in [0.1, 0.15) is 6.04 Å². The third-order valence-electron chi connectivity index (χ3n) is 2.97. The molecule has 18 heavy (non-hydrogen) atoms. The third kappa shape index (κ3) is 5.89. The zero-order chi connectivity index (χ0) is 14.3. The van der Waals surface area contributed by atoms with Crippen LogP contribution in [0.2, 0.25) is 0 Å². The van der Waals surface area contributed by atoms with Crippen LogP contribution in [0.4, 0.5) is 4.79 Å². The third-order valence-corrected chi connectivity index (χ3v) is 2.97. The Hall–Kier alpha value is -1.26. The molecule has 0 bridgehead atoms. The summed E-state index contributed by atoms with van der Waals surface area (Å²) < 4.78 is 0. The maximum absolute atomic E-state index is 11.9. The van der Waals surface area contributed by atoms with Crippen LogP contribution in [0.3, 0.4) is 0 Å². The highest BCUT2D eigenvalue weighted by Gasteiger charge is 2.23. The lowest BCUT2D eigenvalue weighted by atomic mass is 10.0. The van der Waals surface area contributed by atoms with E-state index in [9.17, 15) is 9.59 Å². The zero-order valence-corrected chi connectivity index (χ0v) is 12.1. The lowest BCUT2D eigenvalue weighted by Crippen LogP contribution is -2.49. The fourth-order valence-electron chi connectivity index (χ4n) is 1.84. The van der Waals surface area contributed by atoms with Crippen molar-refractivity contribution in [1.82, 2.24) is 10.2 Å². The number of amides is 2. The van der Waals surface area contributed by atoms with Gasteiger partial charge in [-0.1, -0.05) is 27.2 Å². The molecule has 0 aromatic heterocycles. The van der Waals surface area contributed by atoms with Crippen LogP contribution >= 0.6 is 0 Å². The van der Waals surface area contributed by atoms with Crippen LogP contribution in [0.15, 0.2) is 0 Å². The summed E-state index contributed by atoms with van der Waals surface area (Å²) in [7, 11) is 1.70. The molecule has 2 atom stereocenters. The standard InChI is InChI=1S/C13H26N2O3/c1-6-7-11(12(16)17)14-13(18)15(5)10(4)8-9(2)3/h9-11H,6-8H2,1-5H3,(H,14,18)(H,16,17)/t10?,11-/m1/s1. The van der Waals surface area contributed by atoms with Crippen molar-refractivity contribution < 1.29 is 14.7 Å². The van der Waals surface area contributed by atoms with Gasteiger partial charge in [0.05, 0.1) is 0 Å². The first-order valence-electron chi connectivity index (χ1n) is 6.55. The fraction of sp³-hybridized carbons (Fsp3) is 0.846. The Bertz CT molecular complexity index is 279. The predicted octanol–water partition coefficient (Wildman–Crippen LogP) is 2.32. The number of carboxylic acids is 1. The summed E-state index contributed by atoms with van der Waals surface area (Å²) in [6.07, 6.45) is 2.07. The van der Waals surface area contributed by atoms with Gasteiger partial charge in [0.15, 0.2) is 0 Å². The molecular weight excluding hydrogens is 232 g/mol. The minimum Gasteiger partial charge on any atom is -0.480 e. The van der Waals surface area contributed by atoms with Gasteiger partial charge in [0.25, 0.3) is 0 Å². The average Bonchev–Trinajstić information content (AvgIpc) is 2.26. The summed E-state index contributed by atoms with van der Waals surface area (Å²) in [5.41, 5.74) is 0. The highest BCUT2D eigenvalue weighted by molar-refractivity contribution is 5.82. The van der Waals surface area contributed by atoms with Crippen LogP contribution in [-0.4, -0.2) is 41.1 Å². The van der Waals surface area contributed by atoms with Crippen molar-refractivity contribution in [2.45, 2.75) is 59.0 Å². The van der Waals surface area contributed by atoms with Crippen LogP contribution in [0.1, 0.15) is 47.0 Å². The number of aliphatic carboxylic acids is 1. The van der Waals surface area contributed by atoms with Crippen LogP contribution < -0.4 is 5.32 Å². The summed E-state index contributed by atoms with van der Waals surface area (Å²) >= 11 is 0. The average molecular weight is 258 g/mol. The van der Waals surface area contributed by atoms with Crippen molar-refractivity contribution in [3.8, 4) is 0 Å². The van der Waals surface area contributed by atoms with Crippen molar-refractivity contribution in [2.24, 2.45) is 5.92 Å². The molecule has 2 N–H and O–H groups in total. The Morgan fingerprint density at radius 2 is 1.83 bits per heavy atom. The molecule has 0 aliphatic heterocycles. The van der Waals surface area contributed by atoms with E-state index in [1.807, 2.05) is 13.8 Å². The van der Waals surface area contributed by atoms with Gasteiger partial charge in [0.2, 0.25) is 0 Å².